The van der Waals surface area contributed by atoms with E-state index in [2.05, 4.69) is 12.2 Å². The van der Waals surface area contributed by atoms with Crippen LogP contribution in [0.15, 0.2) is 23.7 Å². The Bertz CT molecular complexity index is 204. The topological polar surface area (TPSA) is 18.5 Å². The Balaban J connectivity index is 1.63. The van der Waals surface area contributed by atoms with Crippen LogP contribution < -0.4 is 0 Å². The number of rotatable bonds is 4. The van der Waals surface area contributed by atoms with Crippen LogP contribution in [0.25, 0.3) is 0 Å². The molecule has 0 N–H and O–H groups in total. The molecule has 0 radical (unpaired) electrons. The Kier molecular flexibility index (Phi) is 2.90. The molecule has 2 aliphatic carbocycles. The average Bonchev–Trinajstić information content (AvgIpc) is 2.75. The lowest BCUT2D eigenvalue weighted by atomic mass is 10.4. The molecule has 0 heterocycles. The molecule has 0 aromatic carbocycles. The molecule has 0 aromatic heterocycles. The quantitative estimate of drug-likeness (QED) is 0.619. The van der Waals surface area contributed by atoms with Gasteiger partial charge in [0.1, 0.15) is 0 Å². The average molecular weight is 180 g/mol. The Morgan fingerprint density at radius 1 is 0.923 bits per heavy atom. The van der Waals surface area contributed by atoms with E-state index in [4.69, 9.17) is 9.47 Å². The van der Waals surface area contributed by atoms with Gasteiger partial charge in [0.15, 0.2) is 0 Å². The van der Waals surface area contributed by atoms with Gasteiger partial charge in [0, 0.05) is 12.8 Å². The second-order valence-corrected chi connectivity index (χ2v) is 3.53. The van der Waals surface area contributed by atoms with E-state index in [0.717, 1.165) is 37.2 Å². The van der Waals surface area contributed by atoms with E-state index in [9.17, 15) is 0 Å². The van der Waals surface area contributed by atoms with Gasteiger partial charge in [-0.05, 0) is 37.8 Å². The summed E-state index contributed by atoms with van der Waals surface area (Å²) in [6.07, 6.45) is 11.3. The van der Waals surface area contributed by atoms with Crippen LogP contribution in [0.1, 0.15) is 38.5 Å². The van der Waals surface area contributed by atoms with Crippen LogP contribution in [0.5, 0.6) is 0 Å². The molecule has 0 saturated heterocycles. The number of ether oxygens (including phenoxy) is 2. The maximum atomic E-state index is 5.46. The van der Waals surface area contributed by atoms with Crippen LogP contribution in [-0.4, -0.2) is 6.79 Å². The highest BCUT2D eigenvalue weighted by atomic mass is 16.7. The van der Waals surface area contributed by atoms with Gasteiger partial charge in [0.2, 0.25) is 6.79 Å². The Hall–Kier alpha value is -0.920. The summed E-state index contributed by atoms with van der Waals surface area (Å²) in [6.45, 7) is 0.400. The van der Waals surface area contributed by atoms with Gasteiger partial charge in [0.05, 0.1) is 11.5 Å². The summed E-state index contributed by atoms with van der Waals surface area (Å²) in [7, 11) is 0. The maximum Gasteiger partial charge on any atom is 0.229 e. The molecule has 0 saturated carbocycles. The zero-order valence-electron chi connectivity index (χ0n) is 7.92. The Labute approximate surface area is 79.2 Å². The van der Waals surface area contributed by atoms with Crippen LogP contribution in [0.4, 0.5) is 0 Å². The van der Waals surface area contributed by atoms with Crippen molar-refractivity contribution in [3.8, 4) is 0 Å². The summed E-state index contributed by atoms with van der Waals surface area (Å²) in [5.41, 5.74) is 0. The molecule has 72 valence electrons. The summed E-state index contributed by atoms with van der Waals surface area (Å²) in [5.74, 6) is 2.22. The Morgan fingerprint density at radius 2 is 1.46 bits per heavy atom. The molecule has 2 nitrogen and oxygen atoms in total. The molecule has 13 heavy (non-hydrogen) atoms. The molecule has 0 spiro atoms. The zero-order valence-corrected chi connectivity index (χ0v) is 7.92. The zero-order chi connectivity index (χ0) is 8.93. The third kappa shape index (κ3) is 2.51. The van der Waals surface area contributed by atoms with E-state index in [1.807, 2.05) is 0 Å². The number of hydrogen-bond donors (Lipinski definition) is 0. The Morgan fingerprint density at radius 3 is 1.85 bits per heavy atom. The van der Waals surface area contributed by atoms with Crippen molar-refractivity contribution in [1.29, 1.82) is 0 Å². The molecule has 0 unspecified atom stereocenters. The largest absolute Gasteiger partial charge is 0.462 e. The monoisotopic (exact) mass is 180 g/mol. The molecule has 0 aromatic rings. The maximum absolute atomic E-state index is 5.46. The second kappa shape index (κ2) is 4.35. The number of hydrogen-bond acceptors (Lipinski definition) is 2. The molecule has 0 fully saturated rings. The lowest BCUT2D eigenvalue weighted by Crippen LogP contribution is -1.97. The highest BCUT2D eigenvalue weighted by Gasteiger charge is 2.07. The fraction of sp³-hybridized carbons (Fsp3) is 0.636. The molecule has 2 rings (SSSR count). The van der Waals surface area contributed by atoms with Crippen LogP contribution in [0.3, 0.4) is 0 Å². The van der Waals surface area contributed by atoms with Gasteiger partial charge in [0.25, 0.3) is 0 Å². The van der Waals surface area contributed by atoms with Crippen molar-refractivity contribution in [1.82, 2.24) is 0 Å². The fourth-order valence-corrected chi connectivity index (χ4v) is 1.73. The van der Waals surface area contributed by atoms with Crippen LogP contribution >= 0.6 is 0 Å². The second-order valence-electron chi connectivity index (χ2n) is 3.53. The molecule has 2 heteroatoms. The van der Waals surface area contributed by atoms with Crippen molar-refractivity contribution in [2.24, 2.45) is 0 Å². The van der Waals surface area contributed by atoms with Crippen molar-refractivity contribution in [3.63, 3.8) is 0 Å². The molecule has 0 amide bonds. The molecular formula is C11H16O2. The normalized spacial score (nSPS) is 21.2. The molecular weight excluding hydrogens is 164 g/mol. The summed E-state index contributed by atoms with van der Waals surface area (Å²) < 4.78 is 10.9. The minimum Gasteiger partial charge on any atom is -0.462 e. The van der Waals surface area contributed by atoms with E-state index in [0.29, 0.717) is 6.79 Å². The lowest BCUT2D eigenvalue weighted by Gasteiger charge is -2.09. The smallest absolute Gasteiger partial charge is 0.229 e. The van der Waals surface area contributed by atoms with E-state index in [1.54, 1.807) is 0 Å². The number of allylic oxidation sites excluding steroid dienone is 4. The lowest BCUT2D eigenvalue weighted by molar-refractivity contribution is 0.0102. The highest BCUT2D eigenvalue weighted by molar-refractivity contribution is 5.00. The van der Waals surface area contributed by atoms with Gasteiger partial charge in [-0.15, -0.1) is 0 Å². The first-order valence-corrected chi connectivity index (χ1v) is 5.09. The van der Waals surface area contributed by atoms with Gasteiger partial charge < -0.3 is 9.47 Å². The van der Waals surface area contributed by atoms with E-state index < -0.39 is 0 Å². The molecule has 0 bridgehead atoms. The summed E-state index contributed by atoms with van der Waals surface area (Å²) in [5, 5.41) is 0. The minimum absolute atomic E-state index is 0.400. The standard InChI is InChI=1S/C11H16O2/c1-2-6-10(5-1)12-9-13-11-7-3-4-8-11/h5,7H,1-4,6,8-9H2. The summed E-state index contributed by atoms with van der Waals surface area (Å²) in [6, 6.07) is 0. The van der Waals surface area contributed by atoms with Crippen LogP contribution in [0.2, 0.25) is 0 Å². The van der Waals surface area contributed by atoms with E-state index in [1.165, 1.54) is 12.8 Å². The van der Waals surface area contributed by atoms with Crippen molar-refractivity contribution < 1.29 is 9.47 Å². The molecule has 0 aliphatic heterocycles. The van der Waals surface area contributed by atoms with E-state index in [-0.39, 0.29) is 0 Å². The predicted octanol–water partition coefficient (Wildman–Crippen LogP) is 3.11. The molecule has 0 atom stereocenters. The van der Waals surface area contributed by atoms with Crippen LogP contribution in [0, 0.1) is 0 Å². The van der Waals surface area contributed by atoms with Crippen molar-refractivity contribution in [3.05, 3.63) is 23.7 Å². The first-order chi connectivity index (χ1) is 6.45. The molecule has 2 aliphatic rings. The SMILES string of the molecule is C1=C(OCOC2=CCCC2)CCC1. The first kappa shape index (κ1) is 8.67. The summed E-state index contributed by atoms with van der Waals surface area (Å²) >= 11 is 0. The third-order valence-corrected chi connectivity index (χ3v) is 2.49. The fourth-order valence-electron chi connectivity index (χ4n) is 1.73. The van der Waals surface area contributed by atoms with Crippen LogP contribution in [-0.2, 0) is 9.47 Å². The van der Waals surface area contributed by atoms with E-state index >= 15 is 0 Å². The highest BCUT2D eigenvalue weighted by Crippen LogP contribution is 2.21. The van der Waals surface area contributed by atoms with Gasteiger partial charge in [-0.25, -0.2) is 0 Å². The van der Waals surface area contributed by atoms with Crippen molar-refractivity contribution in [2.75, 3.05) is 6.79 Å². The van der Waals surface area contributed by atoms with Crippen molar-refractivity contribution in [2.45, 2.75) is 38.5 Å². The summed E-state index contributed by atoms with van der Waals surface area (Å²) in [4.78, 5) is 0. The van der Waals surface area contributed by atoms with Gasteiger partial charge >= 0.3 is 0 Å². The van der Waals surface area contributed by atoms with Gasteiger partial charge in [-0.3, -0.25) is 0 Å². The van der Waals surface area contributed by atoms with Crippen molar-refractivity contribution >= 4 is 0 Å². The third-order valence-electron chi connectivity index (χ3n) is 2.49. The van der Waals surface area contributed by atoms with Gasteiger partial charge in [-0.2, -0.15) is 0 Å². The van der Waals surface area contributed by atoms with Gasteiger partial charge in [-0.1, -0.05) is 0 Å². The first-order valence-electron chi connectivity index (χ1n) is 5.09. The minimum atomic E-state index is 0.400. The predicted molar refractivity (Wildman–Crippen MR) is 50.9 cm³/mol.